The number of anilines is 1. The highest BCUT2D eigenvalue weighted by atomic mass is 32.1. The van der Waals surface area contributed by atoms with Crippen molar-refractivity contribution in [2.75, 3.05) is 12.4 Å². The molecular formula is C17H18N2O4S. The Morgan fingerprint density at radius 1 is 1.29 bits per heavy atom. The summed E-state index contributed by atoms with van der Waals surface area (Å²) in [6.07, 6.45) is 0. The number of aliphatic carboxylic acids is 1. The van der Waals surface area contributed by atoms with Crippen molar-refractivity contribution in [2.24, 2.45) is 17.3 Å². The summed E-state index contributed by atoms with van der Waals surface area (Å²) in [4.78, 5) is 28.0. The summed E-state index contributed by atoms with van der Waals surface area (Å²) in [6, 6.07) is 7.50. The molecule has 1 fully saturated rings. The lowest BCUT2D eigenvalue weighted by atomic mass is 10.1. The minimum atomic E-state index is -0.936. The second-order valence-electron chi connectivity index (χ2n) is 6.34. The Kier molecular flexibility index (Phi) is 4.04. The smallest absolute Gasteiger partial charge is 0.307 e. The molecule has 0 saturated heterocycles. The van der Waals surface area contributed by atoms with Crippen LogP contribution in [0.4, 0.5) is 5.13 Å². The first-order valence-electron chi connectivity index (χ1n) is 7.49. The van der Waals surface area contributed by atoms with Crippen LogP contribution in [-0.4, -0.2) is 29.1 Å². The van der Waals surface area contributed by atoms with Crippen LogP contribution in [0, 0.1) is 17.3 Å². The molecule has 2 atom stereocenters. The molecule has 2 N–H and O–H groups in total. The number of carbonyl (C=O) groups is 2. The number of nitrogens with one attached hydrogen (secondary N) is 1. The van der Waals surface area contributed by atoms with Crippen LogP contribution in [0.5, 0.6) is 5.75 Å². The first kappa shape index (κ1) is 16.4. The van der Waals surface area contributed by atoms with Crippen LogP contribution < -0.4 is 10.1 Å². The zero-order valence-electron chi connectivity index (χ0n) is 13.6. The highest BCUT2D eigenvalue weighted by Gasteiger charge is 2.65. The molecule has 7 heteroatoms. The van der Waals surface area contributed by atoms with Gasteiger partial charge in [0.25, 0.3) is 0 Å². The fourth-order valence-electron chi connectivity index (χ4n) is 3.08. The van der Waals surface area contributed by atoms with E-state index in [2.05, 4.69) is 10.3 Å². The maximum absolute atomic E-state index is 12.3. The standard InChI is InChI=1S/C17H18N2O4S/c1-17(2)12(13(17)15(21)22)14(20)19-16-18-10(8-24-16)9-6-4-5-7-11(9)23-3/h4-8,12-13H,1-3H3,(H,21,22)(H,18,19,20). The lowest BCUT2D eigenvalue weighted by molar-refractivity contribution is -0.140. The number of carbonyl (C=O) groups excluding carboxylic acids is 1. The molecule has 3 rings (SSSR count). The van der Waals surface area contributed by atoms with Crippen LogP contribution in [0.1, 0.15) is 13.8 Å². The summed E-state index contributed by atoms with van der Waals surface area (Å²) in [6.45, 7) is 3.58. The predicted octanol–water partition coefficient (Wildman–Crippen LogP) is 3.11. The highest BCUT2D eigenvalue weighted by Crippen LogP contribution is 2.58. The van der Waals surface area contributed by atoms with Gasteiger partial charge in [0.2, 0.25) is 5.91 Å². The number of hydrogen-bond donors (Lipinski definition) is 2. The van der Waals surface area contributed by atoms with Gasteiger partial charge < -0.3 is 15.2 Å². The van der Waals surface area contributed by atoms with Gasteiger partial charge in [-0.25, -0.2) is 4.98 Å². The van der Waals surface area contributed by atoms with Gasteiger partial charge in [0, 0.05) is 10.9 Å². The van der Waals surface area contributed by atoms with Crippen LogP contribution in [0.25, 0.3) is 11.3 Å². The Labute approximate surface area is 143 Å². The minimum Gasteiger partial charge on any atom is -0.496 e. The van der Waals surface area contributed by atoms with E-state index in [-0.39, 0.29) is 5.91 Å². The normalized spacial score (nSPS) is 21.1. The molecule has 2 aromatic rings. The SMILES string of the molecule is COc1ccccc1-c1csc(NC(=O)C2C(C(=O)O)C2(C)C)n1. The molecule has 1 aliphatic rings. The molecule has 1 saturated carbocycles. The molecule has 1 aliphatic carbocycles. The molecule has 1 aromatic heterocycles. The van der Waals surface area contributed by atoms with Crippen molar-refractivity contribution in [1.82, 2.24) is 4.98 Å². The minimum absolute atomic E-state index is 0.298. The third-order valence-electron chi connectivity index (χ3n) is 4.49. The molecule has 126 valence electrons. The average Bonchev–Trinajstić information content (AvgIpc) is 2.89. The van der Waals surface area contributed by atoms with E-state index in [1.54, 1.807) is 21.0 Å². The second kappa shape index (κ2) is 5.90. The van der Waals surface area contributed by atoms with Crippen molar-refractivity contribution in [3.05, 3.63) is 29.6 Å². The molecule has 1 amide bonds. The number of ether oxygens (including phenoxy) is 1. The molecular weight excluding hydrogens is 328 g/mol. The number of aromatic nitrogens is 1. The molecule has 6 nitrogen and oxygen atoms in total. The molecule has 0 radical (unpaired) electrons. The molecule has 1 aromatic carbocycles. The van der Waals surface area contributed by atoms with E-state index in [1.807, 2.05) is 29.6 Å². The first-order valence-corrected chi connectivity index (χ1v) is 8.36. The van der Waals surface area contributed by atoms with E-state index in [1.165, 1.54) is 11.3 Å². The first-order chi connectivity index (χ1) is 11.4. The van der Waals surface area contributed by atoms with Crippen LogP contribution in [0.3, 0.4) is 0 Å². The molecule has 24 heavy (non-hydrogen) atoms. The molecule has 1 heterocycles. The van der Waals surface area contributed by atoms with E-state index >= 15 is 0 Å². The van der Waals surface area contributed by atoms with Gasteiger partial charge in [0.15, 0.2) is 5.13 Å². The zero-order valence-corrected chi connectivity index (χ0v) is 14.4. The van der Waals surface area contributed by atoms with E-state index in [0.29, 0.717) is 16.6 Å². The van der Waals surface area contributed by atoms with E-state index < -0.39 is 23.2 Å². The van der Waals surface area contributed by atoms with Gasteiger partial charge in [-0.15, -0.1) is 11.3 Å². The lowest BCUT2D eigenvalue weighted by Crippen LogP contribution is -2.17. The Balaban J connectivity index is 1.76. The number of hydrogen-bond acceptors (Lipinski definition) is 5. The van der Waals surface area contributed by atoms with E-state index in [4.69, 9.17) is 4.74 Å². The van der Waals surface area contributed by atoms with Crippen LogP contribution in [0.2, 0.25) is 0 Å². The summed E-state index contributed by atoms with van der Waals surface area (Å²) < 4.78 is 5.32. The van der Waals surface area contributed by atoms with Gasteiger partial charge in [0.05, 0.1) is 24.6 Å². The van der Waals surface area contributed by atoms with E-state index in [9.17, 15) is 14.7 Å². The Morgan fingerprint density at radius 2 is 2.00 bits per heavy atom. The van der Waals surface area contributed by atoms with Gasteiger partial charge in [-0.3, -0.25) is 9.59 Å². The Bertz CT molecular complexity index is 799. The van der Waals surface area contributed by atoms with Gasteiger partial charge in [-0.2, -0.15) is 0 Å². The monoisotopic (exact) mass is 346 g/mol. The Morgan fingerprint density at radius 3 is 2.62 bits per heavy atom. The maximum Gasteiger partial charge on any atom is 0.307 e. The number of amides is 1. The van der Waals surface area contributed by atoms with Gasteiger partial charge in [0.1, 0.15) is 5.75 Å². The molecule has 2 unspecified atom stereocenters. The topological polar surface area (TPSA) is 88.5 Å². The summed E-state index contributed by atoms with van der Waals surface area (Å²) in [7, 11) is 1.59. The van der Waals surface area contributed by atoms with Crippen molar-refractivity contribution in [1.29, 1.82) is 0 Å². The number of carboxylic acids is 1. The van der Waals surface area contributed by atoms with Gasteiger partial charge in [-0.05, 0) is 17.5 Å². The number of nitrogens with zero attached hydrogens (tertiary/aromatic N) is 1. The van der Waals surface area contributed by atoms with Crippen molar-refractivity contribution >= 4 is 28.3 Å². The molecule has 0 spiro atoms. The third kappa shape index (κ3) is 2.75. The quantitative estimate of drug-likeness (QED) is 0.868. The van der Waals surface area contributed by atoms with Gasteiger partial charge >= 0.3 is 5.97 Å². The predicted molar refractivity (Wildman–Crippen MR) is 91.1 cm³/mol. The van der Waals surface area contributed by atoms with E-state index in [0.717, 1.165) is 5.56 Å². The number of benzene rings is 1. The van der Waals surface area contributed by atoms with Crippen molar-refractivity contribution < 1.29 is 19.4 Å². The summed E-state index contributed by atoms with van der Waals surface area (Å²) in [5, 5.41) is 14.2. The largest absolute Gasteiger partial charge is 0.496 e. The van der Waals surface area contributed by atoms with Gasteiger partial charge in [-0.1, -0.05) is 26.0 Å². The summed E-state index contributed by atoms with van der Waals surface area (Å²) >= 11 is 1.30. The zero-order chi connectivity index (χ0) is 17.5. The number of methoxy groups -OCH3 is 1. The average molecular weight is 346 g/mol. The van der Waals surface area contributed by atoms with Crippen molar-refractivity contribution in [2.45, 2.75) is 13.8 Å². The van der Waals surface area contributed by atoms with Crippen LogP contribution in [-0.2, 0) is 9.59 Å². The number of carboxylic acid groups (broad SMARTS) is 1. The fourth-order valence-corrected chi connectivity index (χ4v) is 3.80. The summed E-state index contributed by atoms with van der Waals surface area (Å²) in [5.41, 5.74) is 1.02. The van der Waals surface area contributed by atoms with Crippen LogP contribution >= 0.6 is 11.3 Å². The van der Waals surface area contributed by atoms with Crippen LogP contribution in [0.15, 0.2) is 29.6 Å². The maximum atomic E-state index is 12.3. The number of rotatable bonds is 5. The lowest BCUT2D eigenvalue weighted by Gasteiger charge is -2.05. The molecule has 0 bridgehead atoms. The molecule has 0 aliphatic heterocycles. The van der Waals surface area contributed by atoms with Crippen molar-refractivity contribution in [3.8, 4) is 17.0 Å². The number of para-hydroxylation sites is 1. The highest BCUT2D eigenvalue weighted by molar-refractivity contribution is 7.14. The fraction of sp³-hybridized carbons (Fsp3) is 0.353. The second-order valence-corrected chi connectivity index (χ2v) is 7.20. The third-order valence-corrected chi connectivity index (χ3v) is 5.25. The number of thiazole rings is 1. The van der Waals surface area contributed by atoms with Crippen molar-refractivity contribution in [3.63, 3.8) is 0 Å². The Hall–Kier alpha value is -2.41. The summed E-state index contributed by atoms with van der Waals surface area (Å²) in [5.74, 6) is -1.71.